The van der Waals surface area contributed by atoms with E-state index >= 15 is 0 Å². The Kier molecular flexibility index (Phi) is 7.30. The maximum absolute atomic E-state index is 12.3. The van der Waals surface area contributed by atoms with Crippen LogP contribution in [-0.4, -0.2) is 51.5 Å². The number of alkyl halides is 3. The first kappa shape index (κ1) is 24.2. The lowest BCUT2D eigenvalue weighted by Crippen LogP contribution is -2.16. The molecule has 3 heterocycles. The Labute approximate surface area is 198 Å². The molecule has 0 radical (unpaired) electrons. The number of nitrogens with zero attached hydrogens (tertiary/aromatic N) is 5. The molecule has 0 aliphatic heterocycles. The molecule has 4 aromatic rings. The topological polar surface area (TPSA) is 100 Å². The van der Waals surface area contributed by atoms with E-state index < -0.39 is 6.36 Å². The number of hydrogen-bond acceptors (Lipinski definition) is 8. The van der Waals surface area contributed by atoms with E-state index in [0.717, 1.165) is 30.0 Å². The van der Waals surface area contributed by atoms with E-state index in [-0.39, 0.29) is 17.5 Å². The molecule has 4 rings (SSSR count). The van der Waals surface area contributed by atoms with E-state index in [1.165, 1.54) is 24.3 Å². The molecule has 3 aromatic heterocycles. The molecular weight excluding hydrogens is 465 g/mol. The molecule has 184 valence electrons. The van der Waals surface area contributed by atoms with E-state index in [9.17, 15) is 13.2 Å². The van der Waals surface area contributed by atoms with Gasteiger partial charge < -0.3 is 19.3 Å². The fourth-order valence-corrected chi connectivity index (χ4v) is 3.30. The fraction of sp³-hybridized carbons (Fsp3) is 0.304. The van der Waals surface area contributed by atoms with Gasteiger partial charge in [-0.25, -0.2) is 4.98 Å². The number of benzene rings is 1. The summed E-state index contributed by atoms with van der Waals surface area (Å²) in [6.45, 7) is 3.87. The second-order valence-electron chi connectivity index (χ2n) is 7.65. The van der Waals surface area contributed by atoms with Crippen molar-refractivity contribution in [1.29, 1.82) is 0 Å². The molecule has 0 amide bonds. The van der Waals surface area contributed by atoms with Crippen LogP contribution in [0.4, 0.5) is 19.0 Å². The van der Waals surface area contributed by atoms with Crippen LogP contribution in [0.5, 0.6) is 5.75 Å². The van der Waals surface area contributed by atoms with Crippen molar-refractivity contribution in [2.45, 2.75) is 26.3 Å². The van der Waals surface area contributed by atoms with Crippen molar-refractivity contribution >= 4 is 5.82 Å². The summed E-state index contributed by atoms with van der Waals surface area (Å²) in [5.74, 6) is 0.873. The van der Waals surface area contributed by atoms with E-state index in [2.05, 4.69) is 30.3 Å². The minimum atomic E-state index is -4.75. The summed E-state index contributed by atoms with van der Waals surface area (Å²) in [5, 5.41) is 11.8. The summed E-state index contributed by atoms with van der Waals surface area (Å²) in [7, 11) is 1.67. The Morgan fingerprint density at radius 3 is 2.66 bits per heavy atom. The van der Waals surface area contributed by atoms with Crippen molar-refractivity contribution in [3.63, 3.8) is 0 Å². The van der Waals surface area contributed by atoms with Gasteiger partial charge in [-0.15, -0.1) is 13.2 Å². The lowest BCUT2D eigenvalue weighted by atomic mass is 10.2. The highest BCUT2D eigenvalue weighted by Crippen LogP contribution is 2.27. The van der Waals surface area contributed by atoms with Gasteiger partial charge >= 0.3 is 6.36 Å². The fourth-order valence-electron chi connectivity index (χ4n) is 3.30. The van der Waals surface area contributed by atoms with E-state index in [1.54, 1.807) is 13.3 Å². The lowest BCUT2D eigenvalue weighted by molar-refractivity contribution is -0.274. The average molecular weight is 488 g/mol. The number of halogens is 3. The molecule has 0 atom stereocenters. The highest BCUT2D eigenvalue weighted by Gasteiger charge is 2.31. The Morgan fingerprint density at radius 1 is 1.11 bits per heavy atom. The Hall–Kier alpha value is -3.93. The molecular formula is C23H23F3N6O3. The number of methoxy groups -OCH3 is 1. The van der Waals surface area contributed by atoms with E-state index in [4.69, 9.17) is 9.26 Å². The van der Waals surface area contributed by atoms with Gasteiger partial charge in [0.15, 0.2) is 5.69 Å². The number of rotatable bonds is 10. The van der Waals surface area contributed by atoms with Crippen LogP contribution in [0.1, 0.15) is 17.7 Å². The summed E-state index contributed by atoms with van der Waals surface area (Å²) in [4.78, 5) is 8.66. The molecule has 9 nitrogen and oxygen atoms in total. The van der Waals surface area contributed by atoms with Crippen molar-refractivity contribution in [1.82, 2.24) is 24.9 Å². The number of hydrogen-bond donors (Lipinski definition) is 1. The molecule has 0 aliphatic rings. The normalized spacial score (nSPS) is 11.6. The number of ether oxygens (including phenoxy) is 2. The molecule has 1 N–H and O–H groups in total. The zero-order valence-corrected chi connectivity index (χ0v) is 19.0. The maximum Gasteiger partial charge on any atom is 0.573 e. The van der Waals surface area contributed by atoms with Crippen LogP contribution in [0.15, 0.2) is 53.2 Å². The minimum absolute atomic E-state index is 0.202. The predicted octanol–water partition coefficient (Wildman–Crippen LogP) is 4.70. The lowest BCUT2D eigenvalue weighted by Gasteiger charge is -2.08. The van der Waals surface area contributed by atoms with Crippen LogP contribution >= 0.6 is 0 Å². The van der Waals surface area contributed by atoms with Gasteiger partial charge in [0.05, 0.1) is 6.54 Å². The molecule has 0 saturated heterocycles. The number of anilines is 1. The van der Waals surface area contributed by atoms with Crippen molar-refractivity contribution in [3.05, 3.63) is 59.9 Å². The summed E-state index contributed by atoms with van der Waals surface area (Å²) in [5.41, 5.74) is 2.87. The largest absolute Gasteiger partial charge is 0.573 e. The van der Waals surface area contributed by atoms with E-state index in [1.807, 2.05) is 29.8 Å². The van der Waals surface area contributed by atoms with Gasteiger partial charge in [-0.3, -0.25) is 4.68 Å². The van der Waals surface area contributed by atoms with Gasteiger partial charge in [0.1, 0.15) is 11.6 Å². The summed E-state index contributed by atoms with van der Waals surface area (Å²) in [6.07, 6.45) is -2.14. The second kappa shape index (κ2) is 10.6. The van der Waals surface area contributed by atoms with Crippen LogP contribution in [-0.2, 0) is 11.3 Å². The minimum Gasteiger partial charge on any atom is -0.406 e. The number of aromatic nitrogens is 5. The molecule has 0 bridgehead atoms. The quantitative estimate of drug-likeness (QED) is 0.321. The van der Waals surface area contributed by atoms with Gasteiger partial charge in [-0.1, -0.05) is 5.16 Å². The zero-order chi connectivity index (χ0) is 24.8. The van der Waals surface area contributed by atoms with Crippen molar-refractivity contribution in [3.8, 4) is 28.7 Å². The molecule has 35 heavy (non-hydrogen) atoms. The van der Waals surface area contributed by atoms with Crippen LogP contribution in [0, 0.1) is 6.92 Å². The summed E-state index contributed by atoms with van der Waals surface area (Å²) < 4.78 is 53.1. The van der Waals surface area contributed by atoms with Crippen LogP contribution in [0.25, 0.3) is 23.0 Å². The van der Waals surface area contributed by atoms with Crippen LogP contribution in [0.3, 0.4) is 0 Å². The molecule has 0 aliphatic carbocycles. The molecule has 12 heteroatoms. The van der Waals surface area contributed by atoms with Gasteiger partial charge in [-0.05, 0) is 61.4 Å². The van der Waals surface area contributed by atoms with E-state index in [0.29, 0.717) is 24.4 Å². The SMILES string of the molecule is COCCCNc1cc(Cn2nc(-c3nc(-c4ccc(OC(F)(F)F)cc4)no3)cc2C)ccn1. The Balaban J connectivity index is 1.44. The first-order valence-corrected chi connectivity index (χ1v) is 10.7. The highest BCUT2D eigenvalue weighted by atomic mass is 19.4. The van der Waals surface area contributed by atoms with Crippen LogP contribution < -0.4 is 10.1 Å². The number of aryl methyl sites for hydroxylation is 1. The monoisotopic (exact) mass is 488 g/mol. The molecule has 0 fully saturated rings. The molecule has 0 unspecified atom stereocenters. The van der Waals surface area contributed by atoms with Gasteiger partial charge in [0, 0.05) is 37.7 Å². The third-order valence-corrected chi connectivity index (χ3v) is 4.96. The molecule has 0 spiro atoms. The standard InChI is InChI=1S/C23H23F3N6O3/c1-15-12-19(30-32(15)14-16-8-10-28-20(13-16)27-9-3-11-33-2)22-29-21(31-35-22)17-4-6-18(7-5-17)34-23(24,25)26/h4-8,10,12-13H,3,9,11,14H2,1-2H3,(H,27,28). The van der Waals surface area contributed by atoms with Gasteiger partial charge in [-0.2, -0.15) is 10.1 Å². The Bertz CT molecular complexity index is 1250. The zero-order valence-electron chi connectivity index (χ0n) is 19.0. The average Bonchev–Trinajstić information content (AvgIpc) is 3.44. The Morgan fingerprint density at radius 2 is 1.91 bits per heavy atom. The maximum atomic E-state index is 12.3. The van der Waals surface area contributed by atoms with Gasteiger partial charge in [0.2, 0.25) is 5.82 Å². The number of nitrogens with one attached hydrogen (secondary N) is 1. The smallest absolute Gasteiger partial charge is 0.406 e. The third kappa shape index (κ3) is 6.57. The predicted molar refractivity (Wildman–Crippen MR) is 121 cm³/mol. The van der Waals surface area contributed by atoms with Crippen molar-refractivity contribution < 1.29 is 27.2 Å². The third-order valence-electron chi connectivity index (χ3n) is 4.96. The summed E-state index contributed by atoms with van der Waals surface area (Å²) >= 11 is 0. The highest BCUT2D eigenvalue weighted by molar-refractivity contribution is 5.59. The molecule has 1 aromatic carbocycles. The van der Waals surface area contributed by atoms with Crippen molar-refractivity contribution in [2.24, 2.45) is 0 Å². The van der Waals surface area contributed by atoms with Crippen LogP contribution in [0.2, 0.25) is 0 Å². The summed E-state index contributed by atoms with van der Waals surface area (Å²) in [6, 6.07) is 10.9. The first-order valence-electron chi connectivity index (χ1n) is 10.7. The molecule has 0 saturated carbocycles. The van der Waals surface area contributed by atoms with Crippen molar-refractivity contribution in [2.75, 3.05) is 25.6 Å². The van der Waals surface area contributed by atoms with Gasteiger partial charge in [0.25, 0.3) is 5.89 Å². The second-order valence-corrected chi connectivity index (χ2v) is 7.65. The first-order chi connectivity index (χ1) is 16.8. The number of pyridine rings is 1.